The van der Waals surface area contributed by atoms with Crippen molar-refractivity contribution in [1.82, 2.24) is 10.1 Å². The first kappa shape index (κ1) is 11.2. The minimum atomic E-state index is 0.202. The van der Waals surface area contributed by atoms with E-state index in [2.05, 4.69) is 10.1 Å². The first-order valence-corrected chi connectivity index (χ1v) is 6.80. The molecule has 3 rings (SSSR count). The molecule has 17 heavy (non-hydrogen) atoms. The molecule has 2 fully saturated rings. The van der Waals surface area contributed by atoms with Crippen LogP contribution in [0.3, 0.4) is 0 Å². The molecule has 0 aliphatic heterocycles. The highest BCUT2D eigenvalue weighted by atomic mass is 16.5. The molecule has 1 heterocycles. The van der Waals surface area contributed by atoms with E-state index in [1.54, 1.807) is 0 Å². The third-order valence-corrected chi connectivity index (χ3v) is 4.37. The van der Waals surface area contributed by atoms with E-state index < -0.39 is 0 Å². The quantitative estimate of drug-likeness (QED) is 0.869. The molecule has 4 heteroatoms. The van der Waals surface area contributed by atoms with Gasteiger partial charge in [-0.05, 0) is 44.4 Å². The second-order valence-electron chi connectivity index (χ2n) is 5.84. The fourth-order valence-electron chi connectivity index (χ4n) is 3.43. The predicted octanol–water partition coefficient (Wildman–Crippen LogP) is 2.25. The van der Waals surface area contributed by atoms with Crippen molar-refractivity contribution in [2.24, 2.45) is 17.6 Å². The molecule has 4 atom stereocenters. The average molecular weight is 235 g/mol. The Morgan fingerprint density at radius 1 is 1.41 bits per heavy atom. The first-order chi connectivity index (χ1) is 8.22. The van der Waals surface area contributed by atoms with Gasteiger partial charge in [-0.15, -0.1) is 0 Å². The SMILES string of the molecule is CC(N)CCc1nc(C2CC3CCC2C3)no1. The maximum atomic E-state index is 5.73. The highest BCUT2D eigenvalue weighted by molar-refractivity contribution is 5.06. The van der Waals surface area contributed by atoms with E-state index in [1.165, 1.54) is 25.7 Å². The molecular weight excluding hydrogens is 214 g/mol. The van der Waals surface area contributed by atoms with Crippen LogP contribution in [0.2, 0.25) is 0 Å². The summed E-state index contributed by atoms with van der Waals surface area (Å²) in [5, 5.41) is 4.17. The van der Waals surface area contributed by atoms with Crippen LogP contribution in [0.4, 0.5) is 0 Å². The van der Waals surface area contributed by atoms with Crippen LogP contribution in [0.25, 0.3) is 0 Å². The molecule has 2 aliphatic carbocycles. The zero-order valence-corrected chi connectivity index (χ0v) is 10.4. The molecule has 1 aromatic heterocycles. The normalized spacial score (nSPS) is 33.2. The Labute approximate surface area is 102 Å². The Morgan fingerprint density at radius 3 is 2.94 bits per heavy atom. The zero-order chi connectivity index (χ0) is 11.8. The lowest BCUT2D eigenvalue weighted by atomic mass is 9.88. The Bertz CT molecular complexity index is 388. The number of fused-ring (bicyclic) bond motifs is 2. The number of nitrogens with zero attached hydrogens (tertiary/aromatic N) is 2. The lowest BCUT2D eigenvalue weighted by molar-refractivity contribution is 0.348. The van der Waals surface area contributed by atoms with Crippen LogP contribution in [0.15, 0.2) is 4.52 Å². The molecule has 4 unspecified atom stereocenters. The Morgan fingerprint density at radius 2 is 2.29 bits per heavy atom. The maximum Gasteiger partial charge on any atom is 0.226 e. The van der Waals surface area contributed by atoms with Gasteiger partial charge in [-0.1, -0.05) is 11.6 Å². The van der Waals surface area contributed by atoms with Crippen LogP contribution in [0.5, 0.6) is 0 Å². The molecule has 0 amide bonds. The van der Waals surface area contributed by atoms with E-state index in [0.717, 1.165) is 36.4 Å². The van der Waals surface area contributed by atoms with Crippen molar-refractivity contribution in [3.05, 3.63) is 11.7 Å². The summed E-state index contributed by atoms with van der Waals surface area (Å²) in [5.74, 6) is 4.04. The number of rotatable bonds is 4. The first-order valence-electron chi connectivity index (χ1n) is 6.80. The predicted molar refractivity (Wildman–Crippen MR) is 64.5 cm³/mol. The van der Waals surface area contributed by atoms with Crippen LogP contribution < -0.4 is 5.73 Å². The summed E-state index contributed by atoms with van der Waals surface area (Å²) in [6, 6.07) is 0.202. The van der Waals surface area contributed by atoms with E-state index >= 15 is 0 Å². The van der Waals surface area contributed by atoms with E-state index in [9.17, 15) is 0 Å². The van der Waals surface area contributed by atoms with Crippen LogP contribution in [-0.2, 0) is 6.42 Å². The fraction of sp³-hybridized carbons (Fsp3) is 0.846. The van der Waals surface area contributed by atoms with Crippen molar-refractivity contribution >= 4 is 0 Å². The summed E-state index contributed by atoms with van der Waals surface area (Å²) in [6.45, 7) is 2.01. The van der Waals surface area contributed by atoms with Crippen molar-refractivity contribution in [3.8, 4) is 0 Å². The van der Waals surface area contributed by atoms with Gasteiger partial charge in [0.1, 0.15) is 0 Å². The summed E-state index contributed by atoms with van der Waals surface area (Å²) >= 11 is 0. The Kier molecular flexibility index (Phi) is 2.90. The molecule has 2 bridgehead atoms. The molecule has 2 aliphatic rings. The molecule has 0 radical (unpaired) electrons. The van der Waals surface area contributed by atoms with Gasteiger partial charge < -0.3 is 10.3 Å². The van der Waals surface area contributed by atoms with Gasteiger partial charge in [-0.3, -0.25) is 0 Å². The number of nitrogens with two attached hydrogens (primary N) is 1. The summed E-state index contributed by atoms with van der Waals surface area (Å²) in [5.41, 5.74) is 5.73. The number of hydrogen-bond donors (Lipinski definition) is 1. The summed E-state index contributed by atoms with van der Waals surface area (Å²) < 4.78 is 5.32. The van der Waals surface area contributed by atoms with Gasteiger partial charge >= 0.3 is 0 Å². The molecule has 0 spiro atoms. The Hall–Kier alpha value is -0.900. The van der Waals surface area contributed by atoms with Gasteiger partial charge in [0.2, 0.25) is 5.89 Å². The van der Waals surface area contributed by atoms with Gasteiger partial charge in [0.05, 0.1) is 0 Å². The van der Waals surface area contributed by atoms with E-state index in [4.69, 9.17) is 10.3 Å². The third kappa shape index (κ3) is 2.23. The largest absolute Gasteiger partial charge is 0.339 e. The number of aryl methyl sites for hydroxylation is 1. The summed E-state index contributed by atoms with van der Waals surface area (Å²) in [7, 11) is 0. The highest BCUT2D eigenvalue weighted by Gasteiger charge is 2.42. The fourth-order valence-corrected chi connectivity index (χ4v) is 3.43. The smallest absolute Gasteiger partial charge is 0.226 e. The minimum absolute atomic E-state index is 0.202. The van der Waals surface area contributed by atoms with Gasteiger partial charge in [-0.2, -0.15) is 4.98 Å². The van der Waals surface area contributed by atoms with Crippen LogP contribution in [-0.4, -0.2) is 16.2 Å². The van der Waals surface area contributed by atoms with Crippen molar-refractivity contribution in [2.45, 2.75) is 57.4 Å². The average Bonchev–Trinajstić information content (AvgIpc) is 3.01. The standard InChI is InChI=1S/C13H21N3O/c1-8(14)2-5-12-15-13(16-17-12)11-7-9-3-4-10(11)6-9/h8-11H,2-7,14H2,1H3. The van der Waals surface area contributed by atoms with E-state index in [-0.39, 0.29) is 6.04 Å². The van der Waals surface area contributed by atoms with Gasteiger partial charge in [0, 0.05) is 18.4 Å². The third-order valence-electron chi connectivity index (χ3n) is 4.37. The summed E-state index contributed by atoms with van der Waals surface area (Å²) in [6.07, 6.45) is 7.16. The zero-order valence-electron chi connectivity index (χ0n) is 10.4. The van der Waals surface area contributed by atoms with Gasteiger partial charge in [-0.25, -0.2) is 0 Å². The van der Waals surface area contributed by atoms with E-state index in [0.29, 0.717) is 5.92 Å². The molecule has 0 saturated heterocycles. The molecule has 1 aromatic rings. The maximum absolute atomic E-state index is 5.73. The summed E-state index contributed by atoms with van der Waals surface area (Å²) in [4.78, 5) is 4.55. The second-order valence-corrected chi connectivity index (χ2v) is 5.84. The molecule has 2 N–H and O–H groups in total. The lowest BCUT2D eigenvalue weighted by Crippen LogP contribution is -2.15. The van der Waals surface area contributed by atoms with Crippen LogP contribution in [0.1, 0.15) is 56.7 Å². The molecule has 2 saturated carbocycles. The molecule has 4 nitrogen and oxygen atoms in total. The van der Waals surface area contributed by atoms with E-state index in [1.807, 2.05) is 6.92 Å². The monoisotopic (exact) mass is 235 g/mol. The molecule has 0 aromatic carbocycles. The minimum Gasteiger partial charge on any atom is -0.339 e. The number of hydrogen-bond acceptors (Lipinski definition) is 4. The molecular formula is C13H21N3O. The van der Waals surface area contributed by atoms with Crippen molar-refractivity contribution in [2.75, 3.05) is 0 Å². The molecule has 94 valence electrons. The van der Waals surface area contributed by atoms with Crippen molar-refractivity contribution in [3.63, 3.8) is 0 Å². The topological polar surface area (TPSA) is 64.9 Å². The second kappa shape index (κ2) is 4.41. The van der Waals surface area contributed by atoms with Gasteiger partial charge in [0.25, 0.3) is 0 Å². The lowest BCUT2D eigenvalue weighted by Gasteiger charge is -2.17. The number of aromatic nitrogens is 2. The highest BCUT2D eigenvalue weighted by Crippen LogP contribution is 2.52. The van der Waals surface area contributed by atoms with Gasteiger partial charge in [0.15, 0.2) is 5.82 Å². The van der Waals surface area contributed by atoms with Crippen molar-refractivity contribution in [1.29, 1.82) is 0 Å². The Balaban J connectivity index is 1.64. The van der Waals surface area contributed by atoms with Crippen LogP contribution >= 0.6 is 0 Å². The van der Waals surface area contributed by atoms with Crippen LogP contribution in [0, 0.1) is 11.8 Å². The van der Waals surface area contributed by atoms with Crippen molar-refractivity contribution < 1.29 is 4.52 Å².